The van der Waals surface area contributed by atoms with Crippen molar-refractivity contribution >= 4 is 22.6 Å². The molecule has 0 bridgehead atoms. The van der Waals surface area contributed by atoms with Gasteiger partial charge in [-0.2, -0.15) is 0 Å². The van der Waals surface area contributed by atoms with E-state index >= 15 is 0 Å². The van der Waals surface area contributed by atoms with Crippen LogP contribution in [0.1, 0.15) is 5.56 Å². The van der Waals surface area contributed by atoms with E-state index in [0.29, 0.717) is 27.3 Å². The number of rotatable bonds is 2. The molecule has 4 heteroatoms. The summed E-state index contributed by atoms with van der Waals surface area (Å²) >= 11 is 6.20. The predicted molar refractivity (Wildman–Crippen MR) is 84.2 cm³/mol. The number of benzene rings is 2. The minimum Gasteiger partial charge on any atom is -0.490 e. The summed E-state index contributed by atoms with van der Waals surface area (Å²) in [5, 5.41) is 1.01. The molecule has 0 fully saturated rings. The van der Waals surface area contributed by atoms with Gasteiger partial charge in [0.2, 0.25) is 11.2 Å². The zero-order valence-corrected chi connectivity index (χ0v) is 12.4. The highest BCUT2D eigenvalue weighted by molar-refractivity contribution is 6.33. The van der Waals surface area contributed by atoms with Gasteiger partial charge in [0.25, 0.3) is 0 Å². The zero-order chi connectivity index (χ0) is 15.0. The van der Waals surface area contributed by atoms with E-state index in [0.717, 1.165) is 5.56 Å². The van der Waals surface area contributed by atoms with Crippen LogP contribution in [-0.2, 0) is 0 Å². The van der Waals surface area contributed by atoms with E-state index in [2.05, 4.69) is 0 Å². The molecule has 106 valence electrons. The van der Waals surface area contributed by atoms with Crippen molar-refractivity contribution in [3.05, 3.63) is 63.3 Å². The summed E-state index contributed by atoms with van der Waals surface area (Å²) < 4.78 is 11.1. The Kier molecular flexibility index (Phi) is 3.43. The quantitative estimate of drug-likeness (QED) is 0.703. The van der Waals surface area contributed by atoms with Gasteiger partial charge in [0.1, 0.15) is 5.58 Å². The summed E-state index contributed by atoms with van der Waals surface area (Å²) in [7, 11) is 1.45. The molecule has 2 aromatic carbocycles. The third-order valence-corrected chi connectivity index (χ3v) is 3.66. The summed E-state index contributed by atoms with van der Waals surface area (Å²) in [5.74, 6) is 0.519. The lowest BCUT2D eigenvalue weighted by Gasteiger charge is -2.10. The number of hydrogen-bond donors (Lipinski definition) is 0. The molecule has 1 heterocycles. The third kappa shape index (κ3) is 2.30. The second-order valence-electron chi connectivity index (χ2n) is 4.77. The molecule has 0 atom stereocenters. The fraction of sp³-hybridized carbons (Fsp3) is 0.118. The molecule has 21 heavy (non-hydrogen) atoms. The van der Waals surface area contributed by atoms with Gasteiger partial charge in [0.05, 0.1) is 17.5 Å². The Bertz CT molecular complexity index is 881. The molecular weight excluding hydrogens is 288 g/mol. The molecular formula is C17H13ClO3. The van der Waals surface area contributed by atoms with E-state index in [-0.39, 0.29) is 11.2 Å². The van der Waals surface area contributed by atoms with Gasteiger partial charge in [-0.05, 0) is 31.2 Å². The minimum absolute atomic E-state index is 0.168. The second-order valence-corrected chi connectivity index (χ2v) is 5.18. The summed E-state index contributed by atoms with van der Waals surface area (Å²) in [5.41, 5.74) is 1.94. The lowest BCUT2D eigenvalue weighted by atomic mass is 10.1. The Morgan fingerprint density at radius 1 is 1.14 bits per heavy atom. The normalized spacial score (nSPS) is 10.8. The molecule has 0 saturated carbocycles. The van der Waals surface area contributed by atoms with Crippen molar-refractivity contribution in [3.63, 3.8) is 0 Å². The molecule has 0 aliphatic heterocycles. The first-order chi connectivity index (χ1) is 10.1. The number of aryl methyl sites for hydroxylation is 1. The monoisotopic (exact) mass is 300 g/mol. The van der Waals surface area contributed by atoms with Crippen molar-refractivity contribution in [3.8, 4) is 17.1 Å². The van der Waals surface area contributed by atoms with Crippen molar-refractivity contribution in [1.29, 1.82) is 0 Å². The molecule has 0 saturated heterocycles. The molecule has 0 aliphatic carbocycles. The maximum absolute atomic E-state index is 12.6. The van der Waals surface area contributed by atoms with Crippen molar-refractivity contribution in [2.24, 2.45) is 0 Å². The molecule has 3 nitrogen and oxygen atoms in total. The molecule has 0 amide bonds. The number of fused-ring (bicyclic) bond motifs is 1. The van der Waals surface area contributed by atoms with Gasteiger partial charge in [-0.3, -0.25) is 4.79 Å². The molecule has 1 aromatic heterocycles. The van der Waals surface area contributed by atoms with Crippen LogP contribution in [0.3, 0.4) is 0 Å². The predicted octanol–water partition coefficient (Wildman–Crippen LogP) is 4.43. The summed E-state index contributed by atoms with van der Waals surface area (Å²) in [6.07, 6.45) is 0. The van der Waals surface area contributed by atoms with Gasteiger partial charge in [0, 0.05) is 5.56 Å². The highest BCUT2D eigenvalue weighted by Crippen LogP contribution is 2.35. The second kappa shape index (κ2) is 5.26. The molecule has 0 N–H and O–H groups in total. The standard InChI is InChI=1S/C17H13ClO3/c1-10-7-8-14-12(9-10)15(19)17(20-2)16(21-14)11-5-3-4-6-13(11)18/h3-9H,1-2H3. The third-order valence-electron chi connectivity index (χ3n) is 3.33. The highest BCUT2D eigenvalue weighted by Gasteiger charge is 2.18. The highest BCUT2D eigenvalue weighted by atomic mass is 35.5. The van der Waals surface area contributed by atoms with Gasteiger partial charge >= 0.3 is 0 Å². The number of ether oxygens (including phenoxy) is 1. The zero-order valence-electron chi connectivity index (χ0n) is 11.6. The van der Waals surface area contributed by atoms with Crippen LogP contribution >= 0.6 is 11.6 Å². The number of methoxy groups -OCH3 is 1. The molecule has 0 unspecified atom stereocenters. The largest absolute Gasteiger partial charge is 0.490 e. The summed E-state index contributed by atoms with van der Waals surface area (Å²) in [4.78, 5) is 12.6. The van der Waals surface area contributed by atoms with Gasteiger partial charge in [-0.25, -0.2) is 0 Å². The van der Waals surface area contributed by atoms with Crippen molar-refractivity contribution < 1.29 is 9.15 Å². The van der Waals surface area contributed by atoms with Gasteiger partial charge in [0.15, 0.2) is 5.76 Å². The first kappa shape index (κ1) is 13.7. The van der Waals surface area contributed by atoms with Crippen LogP contribution in [0.5, 0.6) is 5.75 Å². The Balaban J connectivity index is 2.41. The van der Waals surface area contributed by atoms with Crippen molar-refractivity contribution in [1.82, 2.24) is 0 Å². The fourth-order valence-corrected chi connectivity index (χ4v) is 2.52. The lowest BCUT2D eigenvalue weighted by molar-refractivity contribution is 0.399. The minimum atomic E-state index is -0.197. The first-order valence-corrected chi connectivity index (χ1v) is 6.86. The van der Waals surface area contributed by atoms with Crippen LogP contribution in [0.25, 0.3) is 22.3 Å². The van der Waals surface area contributed by atoms with Crippen molar-refractivity contribution in [2.45, 2.75) is 6.92 Å². The molecule has 3 aromatic rings. The van der Waals surface area contributed by atoms with Crippen molar-refractivity contribution in [2.75, 3.05) is 7.11 Å². The SMILES string of the molecule is COc1c(-c2ccccc2Cl)oc2ccc(C)cc2c1=O. The molecule has 3 rings (SSSR count). The van der Waals surface area contributed by atoms with Gasteiger partial charge in [-0.1, -0.05) is 35.4 Å². The fourth-order valence-electron chi connectivity index (χ4n) is 2.30. The van der Waals surface area contributed by atoms with Crippen LogP contribution in [0.4, 0.5) is 0 Å². The van der Waals surface area contributed by atoms with Gasteiger partial charge in [-0.15, -0.1) is 0 Å². The topological polar surface area (TPSA) is 39.4 Å². The molecule has 0 radical (unpaired) electrons. The van der Waals surface area contributed by atoms with Crippen LogP contribution in [0.2, 0.25) is 5.02 Å². The van der Waals surface area contributed by atoms with E-state index < -0.39 is 0 Å². The Morgan fingerprint density at radius 3 is 2.62 bits per heavy atom. The van der Waals surface area contributed by atoms with E-state index in [4.69, 9.17) is 20.8 Å². The van der Waals surface area contributed by atoms with Gasteiger partial charge < -0.3 is 9.15 Å². The Labute approximate surface area is 126 Å². The number of halogens is 1. The molecule has 0 spiro atoms. The van der Waals surface area contributed by atoms with E-state index in [1.807, 2.05) is 25.1 Å². The maximum Gasteiger partial charge on any atom is 0.235 e. The Hall–Kier alpha value is -2.26. The number of hydrogen-bond acceptors (Lipinski definition) is 3. The van der Waals surface area contributed by atoms with Crippen LogP contribution in [-0.4, -0.2) is 7.11 Å². The average Bonchev–Trinajstić information content (AvgIpc) is 2.48. The lowest BCUT2D eigenvalue weighted by Crippen LogP contribution is -2.07. The van der Waals surface area contributed by atoms with Crippen LogP contribution < -0.4 is 10.2 Å². The maximum atomic E-state index is 12.6. The van der Waals surface area contributed by atoms with E-state index in [1.165, 1.54) is 7.11 Å². The summed E-state index contributed by atoms with van der Waals surface area (Å²) in [6.45, 7) is 1.92. The van der Waals surface area contributed by atoms with E-state index in [1.54, 1.807) is 24.3 Å². The van der Waals surface area contributed by atoms with Crippen LogP contribution in [0, 0.1) is 6.92 Å². The first-order valence-electron chi connectivity index (χ1n) is 6.48. The average molecular weight is 301 g/mol. The molecule has 0 aliphatic rings. The smallest absolute Gasteiger partial charge is 0.235 e. The summed E-state index contributed by atoms with van der Waals surface area (Å²) in [6, 6.07) is 12.7. The van der Waals surface area contributed by atoms with Crippen LogP contribution in [0.15, 0.2) is 51.7 Å². The van der Waals surface area contributed by atoms with E-state index in [9.17, 15) is 4.79 Å². The Morgan fingerprint density at radius 2 is 1.90 bits per heavy atom.